The quantitative estimate of drug-likeness (QED) is 0.324. The fourth-order valence-electron chi connectivity index (χ4n) is 4.66. The molecule has 0 radical (unpaired) electrons. The van der Waals surface area contributed by atoms with Crippen molar-refractivity contribution in [1.29, 1.82) is 0 Å². The normalized spacial score (nSPS) is 16.4. The summed E-state index contributed by atoms with van der Waals surface area (Å²) in [5.74, 6) is -0.323. The molecule has 0 saturated carbocycles. The molecule has 210 valence electrons. The highest BCUT2D eigenvalue weighted by atomic mass is 19.3. The molecule has 4 rings (SSSR count). The fraction of sp³-hybridized carbons (Fsp3) is 0.290. The maximum absolute atomic E-state index is 14.5. The summed E-state index contributed by atoms with van der Waals surface area (Å²) in [6.07, 6.45) is -1.76. The minimum Gasteiger partial charge on any atom is -0.484 e. The molecule has 1 heterocycles. The first-order valence-corrected chi connectivity index (χ1v) is 13.0. The van der Waals surface area contributed by atoms with Crippen molar-refractivity contribution in [2.24, 2.45) is 0 Å². The second kappa shape index (κ2) is 12.8. The monoisotopic (exact) mass is 551 g/mol. The molecule has 3 aromatic rings. The van der Waals surface area contributed by atoms with E-state index in [0.29, 0.717) is 54.3 Å². The summed E-state index contributed by atoms with van der Waals surface area (Å²) in [7, 11) is 0. The minimum atomic E-state index is -2.58. The first kappa shape index (κ1) is 28.9. The SMILES string of the molecule is C=CC(=O)N1CCN(C[C@H](Oc2ccc(C(=O)Nc3ccc(C(F)F)cc3)cc2)c2ccc(C)c(F)c2)C[C@H]1C. The molecule has 2 atom stereocenters. The predicted octanol–water partition coefficient (Wildman–Crippen LogP) is 6.16. The van der Waals surface area contributed by atoms with E-state index in [1.54, 1.807) is 42.2 Å². The number of piperazine rings is 1. The molecular formula is C31H32F3N3O3. The Labute approximate surface area is 232 Å². The summed E-state index contributed by atoms with van der Waals surface area (Å²) >= 11 is 0. The van der Waals surface area contributed by atoms with Crippen molar-refractivity contribution in [3.8, 4) is 5.75 Å². The number of anilines is 1. The summed E-state index contributed by atoms with van der Waals surface area (Å²) in [5, 5.41) is 2.69. The smallest absolute Gasteiger partial charge is 0.263 e. The zero-order valence-electron chi connectivity index (χ0n) is 22.4. The Kier molecular flexibility index (Phi) is 9.26. The van der Waals surface area contributed by atoms with Gasteiger partial charge in [-0.2, -0.15) is 0 Å². The summed E-state index contributed by atoms with van der Waals surface area (Å²) in [5.41, 5.74) is 1.85. The van der Waals surface area contributed by atoms with Gasteiger partial charge in [0.25, 0.3) is 12.3 Å². The molecule has 2 amide bonds. The maximum atomic E-state index is 14.5. The number of hydrogen-bond acceptors (Lipinski definition) is 4. The molecule has 1 aliphatic heterocycles. The third-order valence-electron chi connectivity index (χ3n) is 6.98. The number of amides is 2. The highest BCUT2D eigenvalue weighted by Crippen LogP contribution is 2.27. The lowest BCUT2D eigenvalue weighted by Crippen LogP contribution is -2.54. The van der Waals surface area contributed by atoms with Gasteiger partial charge >= 0.3 is 0 Å². The van der Waals surface area contributed by atoms with Gasteiger partial charge in [-0.25, -0.2) is 13.2 Å². The molecule has 0 bridgehead atoms. The highest BCUT2D eigenvalue weighted by molar-refractivity contribution is 6.04. The van der Waals surface area contributed by atoms with E-state index in [0.717, 1.165) is 0 Å². The van der Waals surface area contributed by atoms with Gasteiger partial charge in [-0.15, -0.1) is 0 Å². The number of carbonyl (C=O) groups is 2. The summed E-state index contributed by atoms with van der Waals surface area (Å²) in [4.78, 5) is 28.7. The second-order valence-electron chi connectivity index (χ2n) is 9.86. The van der Waals surface area contributed by atoms with E-state index in [4.69, 9.17) is 4.74 Å². The number of alkyl halides is 2. The fourth-order valence-corrected chi connectivity index (χ4v) is 4.66. The average Bonchev–Trinajstić information content (AvgIpc) is 2.94. The number of hydrogen-bond donors (Lipinski definition) is 1. The summed E-state index contributed by atoms with van der Waals surface area (Å²) in [6, 6.07) is 16.9. The molecule has 1 N–H and O–H groups in total. The first-order chi connectivity index (χ1) is 19.1. The van der Waals surface area contributed by atoms with Gasteiger partial charge in [0.15, 0.2) is 0 Å². The van der Waals surface area contributed by atoms with E-state index in [-0.39, 0.29) is 23.3 Å². The number of aryl methyl sites for hydroxylation is 1. The van der Waals surface area contributed by atoms with Crippen molar-refractivity contribution in [3.05, 3.63) is 107 Å². The van der Waals surface area contributed by atoms with E-state index in [1.807, 2.05) is 13.0 Å². The van der Waals surface area contributed by atoms with Crippen LogP contribution in [0.2, 0.25) is 0 Å². The van der Waals surface area contributed by atoms with E-state index in [9.17, 15) is 22.8 Å². The molecule has 40 heavy (non-hydrogen) atoms. The van der Waals surface area contributed by atoms with Gasteiger partial charge in [0.1, 0.15) is 17.7 Å². The van der Waals surface area contributed by atoms with Crippen molar-refractivity contribution in [2.75, 3.05) is 31.5 Å². The number of carbonyl (C=O) groups excluding carboxylic acids is 2. The molecule has 0 spiro atoms. The number of benzene rings is 3. The topological polar surface area (TPSA) is 61.9 Å². The third-order valence-corrected chi connectivity index (χ3v) is 6.98. The van der Waals surface area contributed by atoms with E-state index in [1.165, 1.54) is 36.4 Å². The molecule has 1 fully saturated rings. The second-order valence-corrected chi connectivity index (χ2v) is 9.86. The molecule has 0 aromatic heterocycles. The van der Waals surface area contributed by atoms with Crippen molar-refractivity contribution in [2.45, 2.75) is 32.4 Å². The number of nitrogens with zero attached hydrogens (tertiary/aromatic N) is 2. The lowest BCUT2D eigenvalue weighted by molar-refractivity contribution is -0.130. The van der Waals surface area contributed by atoms with E-state index < -0.39 is 18.4 Å². The predicted molar refractivity (Wildman–Crippen MR) is 148 cm³/mol. The van der Waals surface area contributed by atoms with Crippen molar-refractivity contribution in [1.82, 2.24) is 9.80 Å². The van der Waals surface area contributed by atoms with Gasteiger partial charge in [0, 0.05) is 49.0 Å². The number of nitrogens with one attached hydrogen (secondary N) is 1. The third kappa shape index (κ3) is 7.09. The van der Waals surface area contributed by atoms with E-state index >= 15 is 0 Å². The van der Waals surface area contributed by atoms with Crippen molar-refractivity contribution in [3.63, 3.8) is 0 Å². The molecule has 1 saturated heterocycles. The first-order valence-electron chi connectivity index (χ1n) is 13.0. The number of rotatable bonds is 9. The zero-order chi connectivity index (χ0) is 28.8. The molecule has 1 aliphatic rings. The van der Waals surface area contributed by atoms with Gasteiger partial charge in [0.05, 0.1) is 0 Å². The van der Waals surface area contributed by atoms with Crippen LogP contribution >= 0.6 is 0 Å². The zero-order valence-corrected chi connectivity index (χ0v) is 22.4. The van der Waals surface area contributed by atoms with Gasteiger partial charge in [-0.3, -0.25) is 14.5 Å². The van der Waals surface area contributed by atoms with Gasteiger partial charge in [0.2, 0.25) is 5.91 Å². The minimum absolute atomic E-state index is 0.0148. The molecule has 9 heteroatoms. The Morgan fingerprint density at radius 2 is 1.73 bits per heavy atom. The van der Waals surface area contributed by atoms with Gasteiger partial charge in [-0.05, 0) is 73.5 Å². The van der Waals surface area contributed by atoms with Crippen LogP contribution < -0.4 is 10.1 Å². The Bertz CT molecular complexity index is 1350. The van der Waals surface area contributed by atoms with Crippen LogP contribution in [0.25, 0.3) is 0 Å². The van der Waals surface area contributed by atoms with Crippen LogP contribution in [0, 0.1) is 12.7 Å². The van der Waals surface area contributed by atoms with Crippen molar-refractivity contribution < 1.29 is 27.5 Å². The molecule has 3 aromatic carbocycles. The van der Waals surface area contributed by atoms with Crippen molar-refractivity contribution >= 4 is 17.5 Å². The molecular weight excluding hydrogens is 519 g/mol. The Hall–Kier alpha value is -4.11. The van der Waals surface area contributed by atoms with Crippen LogP contribution in [0.5, 0.6) is 5.75 Å². The molecule has 6 nitrogen and oxygen atoms in total. The van der Waals surface area contributed by atoms with Crippen LogP contribution in [0.4, 0.5) is 18.9 Å². The van der Waals surface area contributed by atoms with Crippen LogP contribution in [0.3, 0.4) is 0 Å². The highest BCUT2D eigenvalue weighted by Gasteiger charge is 2.28. The Morgan fingerprint density at radius 1 is 1.05 bits per heavy atom. The van der Waals surface area contributed by atoms with Crippen LogP contribution in [0.1, 0.15) is 46.5 Å². The Morgan fingerprint density at radius 3 is 2.33 bits per heavy atom. The van der Waals surface area contributed by atoms with E-state index in [2.05, 4.69) is 16.8 Å². The summed E-state index contributed by atoms with van der Waals surface area (Å²) in [6.45, 7) is 9.54. The lowest BCUT2D eigenvalue weighted by Gasteiger charge is -2.40. The average molecular weight is 552 g/mol. The maximum Gasteiger partial charge on any atom is 0.263 e. The van der Waals surface area contributed by atoms with Gasteiger partial charge < -0.3 is 15.0 Å². The van der Waals surface area contributed by atoms with Crippen LogP contribution in [0.15, 0.2) is 79.4 Å². The molecule has 0 unspecified atom stereocenters. The van der Waals surface area contributed by atoms with Gasteiger partial charge in [-0.1, -0.05) is 30.8 Å². The Balaban J connectivity index is 1.46. The van der Waals surface area contributed by atoms with Crippen LogP contribution in [-0.4, -0.2) is 53.8 Å². The number of halogens is 3. The van der Waals surface area contributed by atoms with Crippen LogP contribution in [-0.2, 0) is 4.79 Å². The number of ether oxygens (including phenoxy) is 1. The summed E-state index contributed by atoms with van der Waals surface area (Å²) < 4.78 is 46.3. The molecule has 0 aliphatic carbocycles. The largest absolute Gasteiger partial charge is 0.484 e. The lowest BCUT2D eigenvalue weighted by atomic mass is 10.0. The standard InChI is InChI=1S/C31H32F3N3O3/c1-4-29(38)37-16-15-36(18-21(37)3)19-28(24-6-5-20(2)27(32)17-24)40-26-13-9-23(10-14-26)31(39)35-25-11-7-22(8-12-25)30(33)34/h4-14,17,21,28,30H,1,15-16,18-19H2,2-3H3,(H,35,39)/t21-,28+/m1/s1.